The highest BCUT2D eigenvalue weighted by Gasteiger charge is 2.15. The fourth-order valence-corrected chi connectivity index (χ4v) is 0.353. The Morgan fingerprint density at radius 2 is 2.30 bits per heavy atom. The van der Waals surface area contributed by atoms with Gasteiger partial charge in [0.05, 0.1) is 12.7 Å². The zero-order valence-electron chi connectivity index (χ0n) is 7.07. The van der Waals surface area contributed by atoms with Crippen LogP contribution in [0.15, 0.2) is 0 Å². The Morgan fingerprint density at radius 3 is 2.70 bits per heavy atom. The smallest absolute Gasteiger partial charge is 0.372 e. The third kappa shape index (κ3) is 3.16. The van der Waals surface area contributed by atoms with Gasteiger partial charge in [-0.25, -0.2) is 4.79 Å². The summed E-state index contributed by atoms with van der Waals surface area (Å²) >= 11 is 0. The Hall–Kier alpha value is -0.940. The second-order valence-electron chi connectivity index (χ2n) is 1.72. The van der Waals surface area contributed by atoms with Crippen molar-refractivity contribution >= 4 is 11.8 Å². The summed E-state index contributed by atoms with van der Waals surface area (Å²) in [6.45, 7) is -0.303. The van der Waals surface area contributed by atoms with Crippen LogP contribution >= 0.6 is 0 Å². The zero-order valence-corrected chi connectivity index (χ0v) is 5.07. The quantitative estimate of drug-likeness (QED) is 0.396. The molecule has 0 aliphatic heterocycles. The molecule has 0 spiro atoms. The Balaban J connectivity index is 3.85. The Labute approximate surface area is 59.9 Å². The lowest BCUT2D eigenvalue weighted by atomic mass is 10.2. The van der Waals surface area contributed by atoms with Crippen LogP contribution < -0.4 is 0 Å². The van der Waals surface area contributed by atoms with Gasteiger partial charge in [0.1, 0.15) is 0 Å². The van der Waals surface area contributed by atoms with Crippen LogP contribution in [0.2, 0.25) is 0 Å². The number of rotatable bonds is 6. The lowest BCUT2D eigenvalue weighted by Gasteiger charge is -2.01. The molecule has 3 N–H and O–H groups in total. The molecule has 0 radical (unpaired) electrons. The largest absolute Gasteiger partial charge is 0.475 e. The average molecular weight is 150 g/mol. The number of carbonyl (C=O) groups is 2. The van der Waals surface area contributed by atoms with E-state index >= 15 is 0 Å². The van der Waals surface area contributed by atoms with Crippen molar-refractivity contribution in [2.24, 2.45) is 0 Å². The Kier molecular flexibility index (Phi) is 2.31. The van der Waals surface area contributed by atoms with Gasteiger partial charge >= 0.3 is 5.97 Å². The van der Waals surface area contributed by atoms with E-state index in [1.54, 1.807) is 0 Å². The highest BCUT2D eigenvalue weighted by atomic mass is 16.4. The van der Waals surface area contributed by atoms with E-state index in [0.29, 0.717) is 0 Å². The van der Waals surface area contributed by atoms with Crippen molar-refractivity contribution in [3.05, 3.63) is 0 Å². The maximum atomic E-state index is 10.5. The Bertz CT molecular complexity index is 171. The number of hydrogen-bond donors (Lipinski definition) is 3. The third-order valence-corrected chi connectivity index (χ3v) is 0.837. The maximum Gasteiger partial charge on any atom is 0.372 e. The monoisotopic (exact) mass is 150 g/mol. The van der Waals surface area contributed by atoms with Crippen molar-refractivity contribution < 1.29 is 24.9 Å². The normalized spacial score (nSPS) is 15.2. The fraction of sp³-hybridized carbons (Fsp3) is 0.600. The highest BCUT2D eigenvalue weighted by Crippen LogP contribution is 1.90. The first-order chi connectivity index (χ1) is 5.61. The Morgan fingerprint density at radius 1 is 1.60 bits per heavy atom. The number of carbonyl (C=O) groups excluding carboxylic acids is 1. The van der Waals surface area contributed by atoms with Gasteiger partial charge in [-0.05, 0) is 0 Å². The van der Waals surface area contributed by atoms with Gasteiger partial charge in [0.15, 0.2) is 0 Å². The third-order valence-electron chi connectivity index (χ3n) is 0.837. The summed E-state index contributed by atoms with van der Waals surface area (Å²) in [5.74, 6) is -2.65. The molecule has 5 nitrogen and oxygen atoms in total. The van der Waals surface area contributed by atoms with Crippen LogP contribution in [-0.2, 0) is 9.59 Å². The summed E-state index contributed by atoms with van der Waals surface area (Å²) < 4.78 is 12.7. The van der Waals surface area contributed by atoms with Crippen LogP contribution in [0.4, 0.5) is 0 Å². The number of carboxylic acids is 1. The van der Waals surface area contributed by atoms with Crippen LogP contribution in [0.1, 0.15) is 6.42 Å². The molecule has 5 heteroatoms. The first-order valence-corrected chi connectivity index (χ1v) is 2.58. The van der Waals surface area contributed by atoms with E-state index < -0.39 is 24.3 Å². The lowest BCUT2D eigenvalue weighted by Crippen LogP contribution is -2.22. The molecule has 10 heavy (non-hydrogen) atoms. The van der Waals surface area contributed by atoms with Crippen molar-refractivity contribution in [1.29, 1.82) is 2.86 Å². The number of carboxylic acid groups (broad SMARTS) is 1. The van der Waals surface area contributed by atoms with E-state index in [4.69, 9.17) is 7.97 Å². The van der Waals surface area contributed by atoms with Crippen molar-refractivity contribution in [3.8, 4) is 0 Å². The van der Waals surface area contributed by atoms with Gasteiger partial charge in [-0.3, -0.25) is 4.79 Å². The van der Waals surface area contributed by atoms with Crippen molar-refractivity contribution in [2.45, 2.75) is 12.5 Å². The van der Waals surface area contributed by atoms with Crippen molar-refractivity contribution in [2.75, 3.05) is 6.61 Å². The molecule has 0 aromatic carbocycles. The summed E-state index contributed by atoms with van der Waals surface area (Å²) in [4.78, 5) is 20.5. The molecule has 0 aliphatic rings. The van der Waals surface area contributed by atoms with Crippen LogP contribution in [-0.4, -0.2) is 42.6 Å². The van der Waals surface area contributed by atoms with Gasteiger partial charge in [0.25, 0.3) is 0 Å². The summed E-state index contributed by atoms with van der Waals surface area (Å²) in [5.41, 5.74) is 0. The first-order valence-electron chi connectivity index (χ1n) is 3.39. The molecule has 1 unspecified atom stereocenters. The van der Waals surface area contributed by atoms with Gasteiger partial charge in [-0.2, -0.15) is 0 Å². The molecular formula is C5H8O5. The zero-order chi connectivity index (χ0) is 9.56. The first kappa shape index (κ1) is 5.82. The van der Waals surface area contributed by atoms with Crippen LogP contribution in [0.3, 0.4) is 0 Å². The number of aliphatic hydroxyl groups is 2. The van der Waals surface area contributed by atoms with E-state index in [9.17, 15) is 9.59 Å². The molecule has 0 rings (SSSR count). The predicted octanol–water partition coefficient (Wildman–Crippen LogP) is -1.62. The molecule has 0 saturated carbocycles. The second kappa shape index (κ2) is 3.97. The molecule has 0 saturated heterocycles. The standard InChI is InChI=1S/C5H8O5/c6-2-3(7)1-4(8)5(9)10/h3,6-7H,1-2H2,(H,9,10)/i6D,7D. The van der Waals surface area contributed by atoms with Gasteiger partial charge in [-0.15, -0.1) is 0 Å². The van der Waals surface area contributed by atoms with E-state index in [-0.39, 0.29) is 6.61 Å². The summed E-state index contributed by atoms with van der Waals surface area (Å²) in [7, 11) is 0. The molecule has 0 heterocycles. The van der Waals surface area contributed by atoms with Gasteiger partial charge in [0, 0.05) is 6.42 Å². The average Bonchev–Trinajstić information content (AvgIpc) is 2.03. The molecular weight excluding hydrogens is 140 g/mol. The van der Waals surface area contributed by atoms with Crippen molar-refractivity contribution in [3.63, 3.8) is 0 Å². The van der Waals surface area contributed by atoms with Crippen LogP contribution in [0.25, 0.3) is 0 Å². The molecule has 0 aliphatic carbocycles. The minimum Gasteiger partial charge on any atom is -0.475 e. The van der Waals surface area contributed by atoms with E-state index in [0.717, 1.165) is 0 Å². The minimum absolute atomic E-state index is 0.303. The topological polar surface area (TPSA) is 94.8 Å². The molecule has 58 valence electrons. The molecule has 1 atom stereocenters. The van der Waals surface area contributed by atoms with E-state index in [2.05, 4.69) is 10.2 Å². The molecule has 0 bridgehead atoms. The molecule has 0 amide bonds. The summed E-state index contributed by atoms with van der Waals surface area (Å²) in [6.07, 6.45) is -1.45. The van der Waals surface area contributed by atoms with Crippen molar-refractivity contribution in [1.82, 2.24) is 0 Å². The van der Waals surface area contributed by atoms with Crippen LogP contribution in [0.5, 0.6) is 0 Å². The number of aliphatic hydroxyl groups excluding tert-OH is 2. The molecule has 0 aromatic rings. The summed E-state index contributed by atoms with van der Waals surface area (Å²) in [5, 5.41) is 15.9. The predicted molar refractivity (Wildman–Crippen MR) is 30.4 cm³/mol. The number of aliphatic carboxylic acids is 1. The molecule has 0 aromatic heterocycles. The number of hydrogen-bond acceptors (Lipinski definition) is 4. The fourth-order valence-electron chi connectivity index (χ4n) is 0.353. The van der Waals surface area contributed by atoms with Crippen LogP contribution in [0, 0.1) is 0 Å². The van der Waals surface area contributed by atoms with Gasteiger partial charge in [-0.1, -0.05) is 0 Å². The molecule has 0 fully saturated rings. The van der Waals surface area contributed by atoms with E-state index in [1.807, 2.05) is 0 Å². The maximum absolute atomic E-state index is 10.5. The SMILES string of the molecule is [2H]OCC(CC(=O)C(=O)O)O[2H]. The number of Topliss-reactive ketones (excluding diaryl/α,β-unsaturated/α-hetero) is 1. The summed E-state index contributed by atoms with van der Waals surface area (Å²) in [6, 6.07) is 0. The van der Waals surface area contributed by atoms with Gasteiger partial charge < -0.3 is 15.3 Å². The van der Waals surface area contributed by atoms with Gasteiger partial charge in [0.2, 0.25) is 8.65 Å². The van der Waals surface area contributed by atoms with E-state index in [1.165, 1.54) is 0 Å². The number of ketones is 1. The highest BCUT2D eigenvalue weighted by molar-refractivity contribution is 6.32. The second-order valence-corrected chi connectivity index (χ2v) is 1.72. The lowest BCUT2D eigenvalue weighted by molar-refractivity contribution is -0.150. The minimum atomic E-state index is -1.58.